The van der Waals surface area contributed by atoms with Crippen molar-refractivity contribution in [2.24, 2.45) is 0 Å². The highest BCUT2D eigenvalue weighted by Gasteiger charge is 2.18. The van der Waals surface area contributed by atoms with E-state index >= 15 is 0 Å². The second-order valence-corrected chi connectivity index (χ2v) is 8.30. The Labute approximate surface area is 204 Å². The van der Waals surface area contributed by atoms with Crippen LogP contribution in [0.5, 0.6) is 0 Å². The van der Waals surface area contributed by atoms with Gasteiger partial charge in [0.25, 0.3) is 0 Å². The number of hydrogen-bond acceptors (Lipinski definition) is 7. The van der Waals surface area contributed by atoms with Crippen LogP contribution >= 0.6 is 11.6 Å². The fourth-order valence-corrected chi connectivity index (χ4v) is 4.20. The molecule has 0 saturated heterocycles. The van der Waals surface area contributed by atoms with Gasteiger partial charge in [0.15, 0.2) is 17.3 Å². The Kier molecular flexibility index (Phi) is 4.87. The van der Waals surface area contributed by atoms with Gasteiger partial charge in [0.2, 0.25) is 0 Å². The number of halogens is 1. The lowest BCUT2D eigenvalue weighted by Crippen LogP contribution is -2.07. The summed E-state index contributed by atoms with van der Waals surface area (Å²) in [6, 6.07) is 19.4. The van der Waals surface area contributed by atoms with E-state index in [-0.39, 0.29) is 0 Å². The number of para-hydroxylation sites is 1. The Hall–Kier alpha value is -4.81. The average Bonchev–Trinajstić information content (AvgIpc) is 3.49. The molecule has 0 fully saturated rings. The van der Waals surface area contributed by atoms with Gasteiger partial charge >= 0.3 is 0 Å². The molecule has 35 heavy (non-hydrogen) atoms. The monoisotopic (exact) mass is 477 g/mol. The minimum Gasteiger partial charge on any atom is -0.323 e. The molecule has 0 aliphatic heterocycles. The predicted molar refractivity (Wildman–Crippen MR) is 133 cm³/mol. The van der Waals surface area contributed by atoms with Crippen molar-refractivity contribution in [3.05, 3.63) is 89.5 Å². The van der Waals surface area contributed by atoms with Crippen molar-refractivity contribution >= 4 is 45.2 Å². The first-order valence-corrected chi connectivity index (χ1v) is 11.1. The van der Waals surface area contributed by atoms with E-state index in [4.69, 9.17) is 16.6 Å². The molecule has 10 heteroatoms. The number of rotatable bonds is 4. The lowest BCUT2D eigenvalue weighted by molar-refractivity contribution is 0.858. The van der Waals surface area contributed by atoms with E-state index in [1.165, 1.54) is 12.5 Å². The topological polar surface area (TPSA) is 110 Å². The summed E-state index contributed by atoms with van der Waals surface area (Å²) in [7, 11) is 0. The van der Waals surface area contributed by atoms with Crippen molar-refractivity contribution in [1.82, 2.24) is 34.5 Å². The maximum atomic E-state index is 9.75. The second kappa shape index (κ2) is 8.20. The van der Waals surface area contributed by atoms with Gasteiger partial charge in [-0.1, -0.05) is 35.9 Å². The van der Waals surface area contributed by atoms with Crippen molar-refractivity contribution in [2.45, 2.75) is 6.92 Å². The zero-order valence-electron chi connectivity index (χ0n) is 18.4. The molecule has 0 radical (unpaired) electrons. The molecule has 6 aromatic rings. The van der Waals surface area contributed by atoms with E-state index in [9.17, 15) is 5.26 Å². The minimum atomic E-state index is 0.353. The quantitative estimate of drug-likeness (QED) is 0.375. The molecule has 0 amide bonds. The van der Waals surface area contributed by atoms with Crippen LogP contribution in [-0.2, 0) is 0 Å². The van der Waals surface area contributed by atoms with Gasteiger partial charge in [-0.05, 0) is 42.8 Å². The smallest absolute Gasteiger partial charge is 0.168 e. The van der Waals surface area contributed by atoms with Crippen LogP contribution in [0.2, 0.25) is 5.02 Å². The van der Waals surface area contributed by atoms with Gasteiger partial charge in [0.1, 0.15) is 23.8 Å². The summed E-state index contributed by atoms with van der Waals surface area (Å²) in [5.74, 6) is 1.52. The Balaban J connectivity index is 1.47. The van der Waals surface area contributed by atoms with Crippen molar-refractivity contribution in [3.63, 3.8) is 0 Å². The Bertz CT molecular complexity index is 1780. The van der Waals surface area contributed by atoms with Crippen LogP contribution in [0.1, 0.15) is 11.1 Å². The fraction of sp³-hybridized carbons (Fsp3) is 0.0400. The van der Waals surface area contributed by atoms with Gasteiger partial charge < -0.3 is 5.32 Å². The maximum absolute atomic E-state index is 9.75. The van der Waals surface area contributed by atoms with E-state index < -0.39 is 0 Å². The molecule has 1 N–H and O–H groups in total. The van der Waals surface area contributed by atoms with Gasteiger partial charge in [0.05, 0.1) is 29.0 Å². The number of aromatic nitrogens is 7. The number of nitriles is 1. The molecular formula is C25H16ClN9. The van der Waals surface area contributed by atoms with Gasteiger partial charge in [-0.3, -0.25) is 0 Å². The average molecular weight is 478 g/mol. The number of nitrogens with zero attached hydrogens (tertiary/aromatic N) is 8. The number of fused-ring (bicyclic) bond motifs is 2. The Morgan fingerprint density at radius 1 is 0.943 bits per heavy atom. The van der Waals surface area contributed by atoms with Crippen LogP contribution in [0, 0.1) is 18.3 Å². The molecule has 0 spiro atoms. The van der Waals surface area contributed by atoms with Crippen LogP contribution in [0.4, 0.5) is 11.6 Å². The molecule has 0 bridgehead atoms. The Morgan fingerprint density at radius 3 is 2.66 bits per heavy atom. The minimum absolute atomic E-state index is 0.353. The number of pyridine rings is 1. The van der Waals surface area contributed by atoms with Crippen LogP contribution in [-0.4, -0.2) is 34.5 Å². The highest BCUT2D eigenvalue weighted by molar-refractivity contribution is 6.30. The molecular weight excluding hydrogens is 462 g/mol. The van der Waals surface area contributed by atoms with Crippen molar-refractivity contribution in [2.75, 3.05) is 5.32 Å². The summed E-state index contributed by atoms with van der Waals surface area (Å²) in [4.78, 5) is 13.6. The largest absolute Gasteiger partial charge is 0.323 e. The summed E-state index contributed by atoms with van der Waals surface area (Å²) in [6.45, 7) is 2.02. The summed E-state index contributed by atoms with van der Waals surface area (Å²) < 4.78 is 3.29. The summed E-state index contributed by atoms with van der Waals surface area (Å²) in [5, 5.41) is 24.3. The van der Waals surface area contributed by atoms with Crippen LogP contribution in [0.3, 0.4) is 0 Å². The standard InChI is InChI=1S/C25H16ClN9/c1-15-9-22(32-21-8-3-2-7-19(15)21)35-24(16(11-27)12-30-35)33-23-20-13-31-34(25(20)29-14-28-23)18-6-4-5-17(26)10-18/h2-10,12-14H,1H3,(H,28,29,33). The molecule has 0 unspecified atom stereocenters. The molecule has 2 aromatic carbocycles. The third-order valence-corrected chi connectivity index (χ3v) is 5.91. The number of anilines is 2. The molecule has 6 rings (SSSR count). The first-order valence-electron chi connectivity index (χ1n) is 10.7. The normalized spacial score (nSPS) is 11.1. The first-order chi connectivity index (χ1) is 17.1. The molecule has 0 saturated carbocycles. The van der Waals surface area contributed by atoms with Gasteiger partial charge in [-0.25, -0.2) is 19.6 Å². The van der Waals surface area contributed by atoms with Gasteiger partial charge in [-0.15, -0.1) is 0 Å². The summed E-state index contributed by atoms with van der Waals surface area (Å²) >= 11 is 6.16. The van der Waals surface area contributed by atoms with Gasteiger partial charge in [0, 0.05) is 10.4 Å². The second-order valence-electron chi connectivity index (χ2n) is 7.87. The third-order valence-electron chi connectivity index (χ3n) is 5.67. The van der Waals surface area contributed by atoms with E-state index in [1.54, 1.807) is 27.7 Å². The zero-order valence-corrected chi connectivity index (χ0v) is 19.1. The predicted octanol–water partition coefficient (Wildman–Crippen LogP) is 5.13. The maximum Gasteiger partial charge on any atom is 0.168 e. The number of benzene rings is 2. The molecule has 4 heterocycles. The van der Waals surface area contributed by atoms with Crippen LogP contribution in [0.25, 0.3) is 33.4 Å². The highest BCUT2D eigenvalue weighted by atomic mass is 35.5. The third kappa shape index (κ3) is 3.53. The Morgan fingerprint density at radius 2 is 1.80 bits per heavy atom. The summed E-state index contributed by atoms with van der Waals surface area (Å²) in [5.41, 5.74) is 3.61. The van der Waals surface area contributed by atoms with E-state index in [2.05, 4.69) is 31.6 Å². The molecule has 9 nitrogen and oxygen atoms in total. The lowest BCUT2D eigenvalue weighted by atomic mass is 10.1. The number of aryl methyl sites for hydroxylation is 1. The highest BCUT2D eigenvalue weighted by Crippen LogP contribution is 2.29. The number of hydrogen-bond donors (Lipinski definition) is 1. The zero-order chi connectivity index (χ0) is 23.9. The van der Waals surface area contributed by atoms with E-state index in [0.717, 1.165) is 22.2 Å². The van der Waals surface area contributed by atoms with Crippen molar-refractivity contribution < 1.29 is 0 Å². The fourth-order valence-electron chi connectivity index (χ4n) is 4.02. The van der Waals surface area contributed by atoms with Crippen LogP contribution in [0.15, 0.2) is 73.3 Å². The molecule has 0 atom stereocenters. The first kappa shape index (κ1) is 20.8. The number of nitrogens with one attached hydrogen (secondary N) is 1. The molecule has 0 aliphatic rings. The van der Waals surface area contributed by atoms with E-state index in [1.807, 2.05) is 49.4 Å². The lowest BCUT2D eigenvalue weighted by Gasteiger charge is -2.12. The van der Waals surface area contributed by atoms with Gasteiger partial charge in [-0.2, -0.15) is 20.1 Å². The molecule has 168 valence electrons. The van der Waals surface area contributed by atoms with Crippen LogP contribution < -0.4 is 5.32 Å². The van der Waals surface area contributed by atoms with Crippen molar-refractivity contribution in [1.29, 1.82) is 5.26 Å². The molecule has 0 aliphatic carbocycles. The molecule has 4 aromatic heterocycles. The SMILES string of the molecule is Cc1cc(-n2ncc(C#N)c2Nc2ncnc3c2cnn3-c2cccc(Cl)c2)nc2ccccc12. The van der Waals surface area contributed by atoms with E-state index in [0.29, 0.717) is 39.1 Å². The summed E-state index contributed by atoms with van der Waals surface area (Å²) in [6.07, 6.45) is 4.62. The van der Waals surface area contributed by atoms with Crippen molar-refractivity contribution in [3.8, 4) is 17.6 Å².